The van der Waals surface area contributed by atoms with Gasteiger partial charge in [-0.2, -0.15) is 0 Å². The topological polar surface area (TPSA) is 84.5 Å². The van der Waals surface area contributed by atoms with Crippen LogP contribution in [-0.2, 0) is 14.6 Å². The summed E-state index contributed by atoms with van der Waals surface area (Å²) in [6.45, 7) is 8.03. The van der Waals surface area contributed by atoms with Gasteiger partial charge >= 0.3 is 6.09 Å². The molecule has 1 amide bonds. The molecule has 0 saturated carbocycles. The zero-order valence-electron chi connectivity index (χ0n) is 14.1. The summed E-state index contributed by atoms with van der Waals surface area (Å²) < 4.78 is 28.3. The molecule has 0 radical (unpaired) electrons. The number of unbranched alkanes of at least 4 members (excludes halogenated alkanes) is 1. The van der Waals surface area contributed by atoms with Gasteiger partial charge in [0, 0.05) is 18.6 Å². The second-order valence-corrected chi connectivity index (χ2v) is 9.22. The number of nitrogens with one attached hydrogen (secondary N) is 2. The van der Waals surface area contributed by atoms with E-state index in [2.05, 4.69) is 17.6 Å². The van der Waals surface area contributed by atoms with Crippen molar-refractivity contribution in [3.63, 3.8) is 0 Å². The Balaban J connectivity index is 2.45. The lowest BCUT2D eigenvalue weighted by Gasteiger charge is -2.24. The number of hydrogen-bond acceptors (Lipinski definition) is 5. The molecule has 0 aromatic carbocycles. The van der Waals surface area contributed by atoms with Crippen LogP contribution in [0.25, 0.3) is 0 Å². The molecule has 2 unspecified atom stereocenters. The lowest BCUT2D eigenvalue weighted by Crippen LogP contribution is -2.46. The molecule has 7 heteroatoms. The van der Waals surface area contributed by atoms with Gasteiger partial charge < -0.3 is 15.4 Å². The van der Waals surface area contributed by atoms with E-state index in [1.807, 2.05) is 20.8 Å². The van der Waals surface area contributed by atoms with E-state index >= 15 is 0 Å². The van der Waals surface area contributed by atoms with E-state index in [9.17, 15) is 13.2 Å². The molecule has 22 heavy (non-hydrogen) atoms. The van der Waals surface area contributed by atoms with Crippen LogP contribution in [0.1, 0.15) is 53.4 Å². The second-order valence-electron chi connectivity index (χ2n) is 6.99. The maximum Gasteiger partial charge on any atom is 0.407 e. The van der Waals surface area contributed by atoms with Crippen molar-refractivity contribution in [1.29, 1.82) is 0 Å². The predicted molar refractivity (Wildman–Crippen MR) is 87.7 cm³/mol. The summed E-state index contributed by atoms with van der Waals surface area (Å²) >= 11 is 0. The largest absolute Gasteiger partial charge is 0.444 e. The Labute approximate surface area is 134 Å². The third-order valence-electron chi connectivity index (χ3n) is 3.50. The SMILES string of the molecule is CCCCC(CNC(=O)OC(C)(C)C)NC1CCS(=O)(=O)C1. The van der Waals surface area contributed by atoms with Gasteiger partial charge in [0.25, 0.3) is 0 Å². The average molecular weight is 334 g/mol. The first-order chi connectivity index (χ1) is 10.1. The summed E-state index contributed by atoms with van der Waals surface area (Å²) in [7, 11) is -2.89. The van der Waals surface area contributed by atoms with Crippen LogP contribution in [0.15, 0.2) is 0 Å². The fraction of sp³-hybridized carbons (Fsp3) is 0.933. The zero-order chi connectivity index (χ0) is 16.8. The monoisotopic (exact) mass is 334 g/mol. The standard InChI is InChI=1S/C15H30N2O4S/c1-5-6-7-12(10-16-14(18)21-15(2,3)4)17-13-8-9-22(19,20)11-13/h12-13,17H,5-11H2,1-4H3,(H,16,18). The molecule has 2 atom stereocenters. The van der Waals surface area contributed by atoms with Gasteiger partial charge in [0.15, 0.2) is 9.84 Å². The molecule has 0 aromatic heterocycles. The minimum absolute atomic E-state index is 0.00714. The first-order valence-electron chi connectivity index (χ1n) is 8.04. The van der Waals surface area contributed by atoms with Crippen molar-refractivity contribution in [3.8, 4) is 0 Å². The minimum atomic E-state index is -2.89. The van der Waals surface area contributed by atoms with Crippen LogP contribution in [0.2, 0.25) is 0 Å². The molecule has 0 aliphatic carbocycles. The van der Waals surface area contributed by atoms with Crippen LogP contribution in [0.3, 0.4) is 0 Å². The highest BCUT2D eigenvalue weighted by molar-refractivity contribution is 7.91. The summed E-state index contributed by atoms with van der Waals surface area (Å²) in [5, 5.41) is 6.14. The molecule has 1 aliphatic heterocycles. The fourth-order valence-electron chi connectivity index (χ4n) is 2.48. The third kappa shape index (κ3) is 7.98. The number of amides is 1. The van der Waals surface area contributed by atoms with Gasteiger partial charge in [-0.1, -0.05) is 19.8 Å². The van der Waals surface area contributed by atoms with E-state index in [1.54, 1.807) is 0 Å². The van der Waals surface area contributed by atoms with Crippen molar-refractivity contribution in [3.05, 3.63) is 0 Å². The molecule has 1 aliphatic rings. The molecule has 0 spiro atoms. The molecule has 130 valence electrons. The Morgan fingerprint density at radius 2 is 2.05 bits per heavy atom. The van der Waals surface area contributed by atoms with E-state index in [4.69, 9.17) is 4.74 Å². The molecule has 1 saturated heterocycles. The molecular weight excluding hydrogens is 304 g/mol. The molecule has 2 N–H and O–H groups in total. The number of sulfone groups is 1. The highest BCUT2D eigenvalue weighted by Crippen LogP contribution is 2.13. The smallest absolute Gasteiger partial charge is 0.407 e. The van der Waals surface area contributed by atoms with E-state index < -0.39 is 21.5 Å². The highest BCUT2D eigenvalue weighted by Gasteiger charge is 2.29. The number of rotatable bonds is 7. The predicted octanol–water partition coefficient (Wildman–Crippen LogP) is 1.85. The van der Waals surface area contributed by atoms with E-state index in [1.165, 1.54) is 0 Å². The lowest BCUT2D eigenvalue weighted by molar-refractivity contribution is 0.0521. The molecule has 1 rings (SSSR count). The van der Waals surface area contributed by atoms with Gasteiger partial charge in [-0.3, -0.25) is 0 Å². The highest BCUT2D eigenvalue weighted by atomic mass is 32.2. The van der Waals surface area contributed by atoms with Crippen molar-refractivity contribution in [2.45, 2.75) is 71.1 Å². The minimum Gasteiger partial charge on any atom is -0.444 e. The van der Waals surface area contributed by atoms with Crippen molar-refractivity contribution in [2.24, 2.45) is 0 Å². The number of hydrogen-bond donors (Lipinski definition) is 2. The Hall–Kier alpha value is -0.820. The number of alkyl carbamates (subject to hydrolysis) is 1. The molecule has 1 fully saturated rings. The van der Waals surface area contributed by atoms with Crippen LogP contribution in [0.5, 0.6) is 0 Å². The molecular formula is C15H30N2O4S. The first-order valence-corrected chi connectivity index (χ1v) is 9.87. The van der Waals surface area contributed by atoms with Gasteiger partial charge in [0.1, 0.15) is 5.60 Å². The van der Waals surface area contributed by atoms with Gasteiger partial charge in [0.05, 0.1) is 11.5 Å². The van der Waals surface area contributed by atoms with E-state index in [0.29, 0.717) is 13.0 Å². The Bertz CT molecular complexity index is 457. The van der Waals surface area contributed by atoms with Gasteiger partial charge in [-0.25, -0.2) is 13.2 Å². The Kier molecular flexibility index (Phi) is 7.12. The molecule has 0 bridgehead atoms. The van der Waals surface area contributed by atoms with Crippen LogP contribution in [-0.4, -0.2) is 50.2 Å². The summed E-state index contributed by atoms with van der Waals surface area (Å²) in [6.07, 6.45) is 3.22. The maximum absolute atomic E-state index is 11.7. The molecule has 1 heterocycles. The molecule has 6 nitrogen and oxygen atoms in total. The number of carbonyl (C=O) groups is 1. The lowest BCUT2D eigenvalue weighted by atomic mass is 10.1. The van der Waals surface area contributed by atoms with E-state index in [0.717, 1.165) is 19.3 Å². The second kappa shape index (κ2) is 8.15. The van der Waals surface area contributed by atoms with Gasteiger partial charge in [-0.05, 0) is 33.6 Å². The molecule has 0 aromatic rings. The fourth-order valence-corrected chi connectivity index (χ4v) is 4.16. The normalized spacial score (nSPS) is 22.3. The number of ether oxygens (including phenoxy) is 1. The maximum atomic E-state index is 11.7. The van der Waals surface area contributed by atoms with Gasteiger partial charge in [-0.15, -0.1) is 0 Å². The summed E-state index contributed by atoms with van der Waals surface area (Å²) in [5.41, 5.74) is -0.518. The van der Waals surface area contributed by atoms with Crippen LogP contribution in [0.4, 0.5) is 4.79 Å². The van der Waals surface area contributed by atoms with Crippen molar-refractivity contribution in [1.82, 2.24) is 10.6 Å². The first kappa shape index (κ1) is 19.2. The Morgan fingerprint density at radius 3 is 2.55 bits per heavy atom. The summed E-state index contributed by atoms with van der Waals surface area (Å²) in [5.74, 6) is 0.451. The van der Waals surface area contributed by atoms with Crippen molar-refractivity contribution in [2.75, 3.05) is 18.1 Å². The average Bonchev–Trinajstić information content (AvgIpc) is 2.70. The third-order valence-corrected chi connectivity index (χ3v) is 5.27. The quantitative estimate of drug-likeness (QED) is 0.742. The van der Waals surface area contributed by atoms with Crippen LogP contribution in [0, 0.1) is 0 Å². The zero-order valence-corrected chi connectivity index (χ0v) is 15.0. The Morgan fingerprint density at radius 1 is 1.36 bits per heavy atom. The summed E-state index contributed by atoms with van der Waals surface area (Å²) in [4.78, 5) is 11.7. The summed E-state index contributed by atoms with van der Waals surface area (Å²) in [6, 6.07) is 0.0676. The number of carbonyl (C=O) groups excluding carboxylic acids is 1. The van der Waals surface area contributed by atoms with E-state index in [-0.39, 0.29) is 23.6 Å². The van der Waals surface area contributed by atoms with Gasteiger partial charge in [0.2, 0.25) is 0 Å². The van der Waals surface area contributed by atoms with Crippen LogP contribution >= 0.6 is 0 Å². The van der Waals surface area contributed by atoms with Crippen molar-refractivity contribution >= 4 is 15.9 Å². The van der Waals surface area contributed by atoms with Crippen LogP contribution < -0.4 is 10.6 Å². The van der Waals surface area contributed by atoms with Crippen molar-refractivity contribution < 1.29 is 17.9 Å².